The SMILES string of the molecule is CN(C)C(CCC(=O)O)(C(=O)O)C(C)(C)C. The van der Waals surface area contributed by atoms with Gasteiger partial charge in [-0.2, -0.15) is 0 Å². The highest BCUT2D eigenvalue weighted by Gasteiger charge is 2.50. The first-order valence-electron chi connectivity index (χ1n) is 5.18. The normalized spacial score (nSPS) is 15.9. The maximum Gasteiger partial charge on any atom is 0.324 e. The van der Waals surface area contributed by atoms with Gasteiger partial charge in [-0.3, -0.25) is 14.5 Å². The number of carboxylic acids is 2. The molecule has 0 aromatic rings. The molecule has 0 heterocycles. The van der Waals surface area contributed by atoms with Gasteiger partial charge in [0.05, 0.1) is 0 Å². The molecular weight excluding hydrogens is 210 g/mol. The largest absolute Gasteiger partial charge is 0.481 e. The lowest BCUT2D eigenvalue weighted by Gasteiger charge is -2.46. The molecule has 0 saturated carbocycles. The van der Waals surface area contributed by atoms with E-state index in [0.717, 1.165) is 0 Å². The zero-order chi connectivity index (χ0) is 13.1. The van der Waals surface area contributed by atoms with Crippen LogP contribution in [0.5, 0.6) is 0 Å². The molecule has 0 rings (SSSR count). The molecule has 0 aliphatic rings. The van der Waals surface area contributed by atoms with Gasteiger partial charge < -0.3 is 10.2 Å². The van der Waals surface area contributed by atoms with E-state index in [1.54, 1.807) is 19.0 Å². The van der Waals surface area contributed by atoms with Gasteiger partial charge in [0.1, 0.15) is 5.54 Å². The molecule has 5 heteroatoms. The summed E-state index contributed by atoms with van der Waals surface area (Å²) in [6.45, 7) is 5.43. The third-order valence-corrected chi connectivity index (χ3v) is 3.06. The van der Waals surface area contributed by atoms with Crippen molar-refractivity contribution in [3.63, 3.8) is 0 Å². The summed E-state index contributed by atoms with van der Waals surface area (Å²) in [4.78, 5) is 23.7. The molecule has 0 radical (unpaired) electrons. The van der Waals surface area contributed by atoms with Gasteiger partial charge in [0, 0.05) is 6.42 Å². The minimum absolute atomic E-state index is 0.0914. The number of likely N-dealkylation sites (N-methyl/N-ethyl adjacent to an activating group) is 1. The summed E-state index contributed by atoms with van der Waals surface area (Å²) in [7, 11) is 3.34. The summed E-state index contributed by atoms with van der Waals surface area (Å²) in [5.74, 6) is -1.96. The van der Waals surface area contributed by atoms with Crippen LogP contribution in [0.15, 0.2) is 0 Å². The van der Waals surface area contributed by atoms with Crippen LogP contribution >= 0.6 is 0 Å². The molecule has 0 aromatic heterocycles. The van der Waals surface area contributed by atoms with Crippen LogP contribution in [-0.4, -0.2) is 46.7 Å². The van der Waals surface area contributed by atoms with E-state index in [4.69, 9.17) is 5.11 Å². The zero-order valence-electron chi connectivity index (χ0n) is 10.6. The van der Waals surface area contributed by atoms with E-state index in [1.165, 1.54) is 0 Å². The fraction of sp³-hybridized carbons (Fsp3) is 0.818. The number of carbonyl (C=O) groups is 2. The molecular formula is C11H21NO4. The fourth-order valence-corrected chi connectivity index (χ4v) is 2.18. The number of rotatable bonds is 5. The molecule has 1 atom stereocenters. The second kappa shape index (κ2) is 4.82. The van der Waals surface area contributed by atoms with Gasteiger partial charge in [-0.1, -0.05) is 20.8 Å². The number of carboxylic acid groups (broad SMARTS) is 2. The first-order valence-corrected chi connectivity index (χ1v) is 5.18. The highest BCUT2D eigenvalue weighted by molar-refractivity contribution is 5.81. The molecule has 2 N–H and O–H groups in total. The summed E-state index contributed by atoms with van der Waals surface area (Å²) in [6, 6.07) is 0. The van der Waals surface area contributed by atoms with Gasteiger partial charge in [0.15, 0.2) is 0 Å². The molecule has 1 unspecified atom stereocenters. The van der Waals surface area contributed by atoms with Gasteiger partial charge in [-0.25, -0.2) is 0 Å². The van der Waals surface area contributed by atoms with E-state index in [1.807, 2.05) is 20.8 Å². The molecule has 16 heavy (non-hydrogen) atoms. The maximum absolute atomic E-state index is 11.5. The Balaban J connectivity index is 5.29. The fourth-order valence-electron chi connectivity index (χ4n) is 2.18. The lowest BCUT2D eigenvalue weighted by Crippen LogP contribution is -2.60. The van der Waals surface area contributed by atoms with Crippen LogP contribution in [0.25, 0.3) is 0 Å². The quantitative estimate of drug-likeness (QED) is 0.745. The Morgan fingerprint density at radius 2 is 1.56 bits per heavy atom. The topological polar surface area (TPSA) is 77.8 Å². The first-order chi connectivity index (χ1) is 7.05. The Labute approximate surface area is 96.1 Å². The van der Waals surface area contributed by atoms with Crippen molar-refractivity contribution in [2.45, 2.75) is 39.2 Å². The van der Waals surface area contributed by atoms with E-state index in [9.17, 15) is 14.7 Å². The summed E-state index contributed by atoms with van der Waals surface area (Å²) in [5, 5.41) is 18.1. The van der Waals surface area contributed by atoms with Crippen LogP contribution in [0.2, 0.25) is 0 Å². The summed E-state index contributed by atoms with van der Waals surface area (Å²) >= 11 is 0. The smallest absolute Gasteiger partial charge is 0.324 e. The minimum Gasteiger partial charge on any atom is -0.481 e. The Morgan fingerprint density at radius 3 is 1.75 bits per heavy atom. The third-order valence-electron chi connectivity index (χ3n) is 3.06. The Bertz CT molecular complexity index is 280. The molecule has 0 bridgehead atoms. The molecule has 0 aromatic carbocycles. The predicted octanol–water partition coefficient (Wildman–Crippen LogP) is 1.28. The van der Waals surface area contributed by atoms with Gasteiger partial charge in [-0.05, 0) is 25.9 Å². The van der Waals surface area contributed by atoms with Crippen LogP contribution < -0.4 is 0 Å². The van der Waals surface area contributed by atoms with Crippen LogP contribution in [0.1, 0.15) is 33.6 Å². The first kappa shape index (κ1) is 14.9. The highest BCUT2D eigenvalue weighted by Crippen LogP contribution is 2.38. The van der Waals surface area contributed by atoms with Gasteiger partial charge >= 0.3 is 11.9 Å². The van der Waals surface area contributed by atoms with Crippen LogP contribution in [0.4, 0.5) is 0 Å². The van der Waals surface area contributed by atoms with Crippen LogP contribution in [0.3, 0.4) is 0 Å². The van der Waals surface area contributed by atoms with Crippen LogP contribution in [-0.2, 0) is 9.59 Å². The highest BCUT2D eigenvalue weighted by atomic mass is 16.4. The Kier molecular flexibility index (Phi) is 4.49. The van der Waals surface area contributed by atoms with Crippen molar-refractivity contribution in [3.8, 4) is 0 Å². The third kappa shape index (κ3) is 2.72. The summed E-state index contributed by atoms with van der Waals surface area (Å²) in [5.41, 5.74) is -1.71. The van der Waals surface area contributed by atoms with E-state index >= 15 is 0 Å². The Hall–Kier alpha value is -1.10. The zero-order valence-corrected chi connectivity index (χ0v) is 10.6. The standard InChI is InChI=1S/C11H21NO4/c1-10(2,3)11(9(15)16,12(4)5)7-6-8(13)14/h6-7H2,1-5H3,(H,13,14)(H,15,16). The number of nitrogens with zero attached hydrogens (tertiary/aromatic N) is 1. The van der Waals surface area contributed by atoms with Crippen molar-refractivity contribution in [2.75, 3.05) is 14.1 Å². The average molecular weight is 231 g/mol. The average Bonchev–Trinajstić information content (AvgIpc) is 1.99. The molecule has 5 nitrogen and oxygen atoms in total. The van der Waals surface area contributed by atoms with E-state index in [-0.39, 0.29) is 12.8 Å². The van der Waals surface area contributed by atoms with Crippen molar-refractivity contribution in [1.29, 1.82) is 0 Å². The monoisotopic (exact) mass is 231 g/mol. The second-order valence-corrected chi connectivity index (χ2v) is 5.20. The van der Waals surface area contributed by atoms with E-state index < -0.39 is 22.9 Å². The van der Waals surface area contributed by atoms with Gasteiger partial charge in [0.2, 0.25) is 0 Å². The molecule has 0 fully saturated rings. The van der Waals surface area contributed by atoms with Crippen molar-refractivity contribution in [1.82, 2.24) is 4.90 Å². The summed E-state index contributed by atoms with van der Waals surface area (Å²) in [6.07, 6.45) is -0.0596. The van der Waals surface area contributed by atoms with E-state index in [2.05, 4.69) is 0 Å². The van der Waals surface area contributed by atoms with Crippen LogP contribution in [0, 0.1) is 5.41 Å². The lowest BCUT2D eigenvalue weighted by atomic mass is 9.70. The van der Waals surface area contributed by atoms with Crippen molar-refractivity contribution < 1.29 is 19.8 Å². The molecule has 0 aliphatic carbocycles. The maximum atomic E-state index is 11.5. The molecule has 0 aliphatic heterocycles. The van der Waals surface area contributed by atoms with Gasteiger partial charge in [0.25, 0.3) is 0 Å². The molecule has 0 spiro atoms. The lowest BCUT2D eigenvalue weighted by molar-refractivity contribution is -0.159. The molecule has 0 amide bonds. The van der Waals surface area contributed by atoms with Crippen molar-refractivity contribution in [2.24, 2.45) is 5.41 Å². The molecule has 0 saturated heterocycles. The Morgan fingerprint density at radius 1 is 1.12 bits per heavy atom. The van der Waals surface area contributed by atoms with Crippen molar-refractivity contribution in [3.05, 3.63) is 0 Å². The number of aliphatic carboxylic acids is 2. The molecule has 94 valence electrons. The van der Waals surface area contributed by atoms with E-state index in [0.29, 0.717) is 0 Å². The van der Waals surface area contributed by atoms with Gasteiger partial charge in [-0.15, -0.1) is 0 Å². The predicted molar refractivity (Wildman–Crippen MR) is 60.4 cm³/mol. The number of hydrogen-bond donors (Lipinski definition) is 2. The number of hydrogen-bond acceptors (Lipinski definition) is 3. The second-order valence-electron chi connectivity index (χ2n) is 5.20. The van der Waals surface area contributed by atoms with Crippen molar-refractivity contribution >= 4 is 11.9 Å². The minimum atomic E-state index is -1.16. The summed E-state index contributed by atoms with van der Waals surface area (Å²) < 4.78 is 0.